The first-order chi connectivity index (χ1) is 8.60. The lowest BCUT2D eigenvalue weighted by atomic mass is 9.75. The molecule has 4 heteroatoms. The average Bonchev–Trinajstić information content (AvgIpc) is 2.33. The zero-order valence-corrected chi connectivity index (χ0v) is 11.5. The number of ether oxygens (including phenoxy) is 2. The molecular weight excluding hydrogens is 252 g/mol. The van der Waals surface area contributed by atoms with Crippen LogP contribution in [0.1, 0.15) is 37.4 Å². The van der Waals surface area contributed by atoms with E-state index < -0.39 is 6.10 Å². The summed E-state index contributed by atoms with van der Waals surface area (Å²) in [4.78, 5) is 0. The zero-order chi connectivity index (χ0) is 13.2. The minimum Gasteiger partial charge on any atom is -0.497 e. The maximum atomic E-state index is 10.3. The van der Waals surface area contributed by atoms with Gasteiger partial charge in [0.1, 0.15) is 5.75 Å². The summed E-state index contributed by atoms with van der Waals surface area (Å²) >= 11 is 6.16. The summed E-state index contributed by atoms with van der Waals surface area (Å²) in [6, 6.07) is 5.35. The van der Waals surface area contributed by atoms with Crippen LogP contribution in [0.3, 0.4) is 0 Å². The average molecular weight is 271 g/mol. The molecule has 1 saturated carbocycles. The molecule has 1 aromatic rings. The third-order valence-electron chi connectivity index (χ3n) is 3.83. The summed E-state index contributed by atoms with van der Waals surface area (Å²) < 4.78 is 10.6. The zero-order valence-electron chi connectivity index (χ0n) is 10.8. The van der Waals surface area contributed by atoms with Gasteiger partial charge in [0.2, 0.25) is 0 Å². The molecule has 3 nitrogen and oxygen atoms in total. The van der Waals surface area contributed by atoms with E-state index in [1.807, 2.05) is 12.1 Å². The lowest BCUT2D eigenvalue weighted by Gasteiger charge is -2.42. The Kier molecular flexibility index (Phi) is 4.15. The van der Waals surface area contributed by atoms with E-state index in [2.05, 4.69) is 0 Å². The number of aliphatic hydroxyl groups excluding tert-OH is 1. The second-order valence-corrected chi connectivity index (χ2v) is 5.26. The molecule has 0 saturated heterocycles. The first-order valence-electron chi connectivity index (χ1n) is 6.17. The van der Waals surface area contributed by atoms with Gasteiger partial charge >= 0.3 is 0 Å². The lowest BCUT2D eigenvalue weighted by Crippen LogP contribution is -2.40. The van der Waals surface area contributed by atoms with E-state index in [1.54, 1.807) is 20.3 Å². The predicted molar refractivity (Wildman–Crippen MR) is 71.2 cm³/mol. The molecule has 0 aliphatic heterocycles. The lowest BCUT2D eigenvalue weighted by molar-refractivity contribution is -0.0999. The fourth-order valence-electron chi connectivity index (χ4n) is 2.43. The van der Waals surface area contributed by atoms with Crippen LogP contribution in [0.15, 0.2) is 18.2 Å². The van der Waals surface area contributed by atoms with Crippen LogP contribution in [0.25, 0.3) is 0 Å². The maximum Gasteiger partial charge on any atom is 0.120 e. The molecule has 1 aliphatic carbocycles. The summed E-state index contributed by atoms with van der Waals surface area (Å²) in [6.45, 7) is 0. The molecule has 2 rings (SSSR count). The highest BCUT2D eigenvalue weighted by atomic mass is 35.5. The van der Waals surface area contributed by atoms with Crippen molar-refractivity contribution < 1.29 is 14.6 Å². The molecule has 0 aromatic heterocycles. The second-order valence-electron chi connectivity index (χ2n) is 4.85. The number of hydrogen-bond donors (Lipinski definition) is 1. The number of rotatable bonds is 5. The van der Waals surface area contributed by atoms with Gasteiger partial charge in [0.05, 0.1) is 23.8 Å². The van der Waals surface area contributed by atoms with Crippen molar-refractivity contribution in [3.05, 3.63) is 28.8 Å². The Morgan fingerprint density at radius 3 is 2.56 bits per heavy atom. The Labute approximate surface area is 113 Å². The first-order valence-corrected chi connectivity index (χ1v) is 6.55. The van der Waals surface area contributed by atoms with Crippen molar-refractivity contribution in [3.63, 3.8) is 0 Å². The Bertz CT molecular complexity index is 410. The van der Waals surface area contributed by atoms with Gasteiger partial charge in [-0.3, -0.25) is 0 Å². The fourth-order valence-corrected chi connectivity index (χ4v) is 2.73. The van der Waals surface area contributed by atoms with Gasteiger partial charge in [-0.2, -0.15) is 0 Å². The second kappa shape index (κ2) is 5.47. The van der Waals surface area contributed by atoms with Gasteiger partial charge in [0.15, 0.2) is 0 Å². The Morgan fingerprint density at radius 1 is 1.39 bits per heavy atom. The van der Waals surface area contributed by atoms with E-state index in [0.29, 0.717) is 17.2 Å². The molecule has 1 atom stereocenters. The number of aliphatic hydroxyl groups is 1. The standard InChI is InChI=1S/C14H19ClO3/c1-17-10-4-5-11(12(15)8-10)13(16)9-14(18-2)6-3-7-14/h4-5,8,13,16H,3,6-7,9H2,1-2H3. The van der Waals surface area contributed by atoms with Crippen molar-refractivity contribution in [3.8, 4) is 5.75 Å². The SMILES string of the molecule is COc1ccc(C(O)CC2(OC)CCC2)c(Cl)c1. The van der Waals surface area contributed by atoms with Crippen molar-refractivity contribution in [2.75, 3.05) is 14.2 Å². The third kappa shape index (κ3) is 2.63. The van der Waals surface area contributed by atoms with Gasteiger partial charge < -0.3 is 14.6 Å². The van der Waals surface area contributed by atoms with E-state index in [-0.39, 0.29) is 5.60 Å². The quantitative estimate of drug-likeness (QED) is 0.892. The molecule has 0 spiro atoms. The van der Waals surface area contributed by atoms with E-state index >= 15 is 0 Å². The largest absolute Gasteiger partial charge is 0.497 e. The summed E-state index contributed by atoms with van der Waals surface area (Å²) in [7, 11) is 3.30. The highest BCUT2D eigenvalue weighted by Gasteiger charge is 2.39. The van der Waals surface area contributed by atoms with E-state index in [1.165, 1.54) is 0 Å². The van der Waals surface area contributed by atoms with Crippen molar-refractivity contribution in [1.82, 2.24) is 0 Å². The molecule has 0 amide bonds. The first kappa shape index (κ1) is 13.7. The molecule has 1 fully saturated rings. The summed E-state index contributed by atoms with van der Waals surface area (Å²) in [5.74, 6) is 0.695. The third-order valence-corrected chi connectivity index (χ3v) is 4.16. The van der Waals surface area contributed by atoms with E-state index in [0.717, 1.165) is 24.8 Å². The molecule has 1 unspecified atom stereocenters. The van der Waals surface area contributed by atoms with Crippen molar-refractivity contribution >= 4 is 11.6 Å². The van der Waals surface area contributed by atoms with Crippen molar-refractivity contribution in [2.45, 2.75) is 37.4 Å². The van der Waals surface area contributed by atoms with Crippen molar-refractivity contribution in [2.24, 2.45) is 0 Å². The van der Waals surface area contributed by atoms with Crippen LogP contribution < -0.4 is 4.74 Å². The molecule has 0 bridgehead atoms. The van der Waals surface area contributed by atoms with Gasteiger partial charge in [0.25, 0.3) is 0 Å². The molecule has 0 heterocycles. The van der Waals surface area contributed by atoms with Gasteiger partial charge in [-0.15, -0.1) is 0 Å². The minimum atomic E-state index is -0.594. The van der Waals surface area contributed by atoms with Crippen LogP contribution in [-0.2, 0) is 4.74 Å². The van der Waals surface area contributed by atoms with Gasteiger partial charge in [-0.05, 0) is 37.0 Å². The molecule has 18 heavy (non-hydrogen) atoms. The van der Waals surface area contributed by atoms with Crippen molar-refractivity contribution in [1.29, 1.82) is 0 Å². The Morgan fingerprint density at radius 2 is 2.11 bits per heavy atom. The van der Waals surface area contributed by atoms with Crippen LogP contribution in [-0.4, -0.2) is 24.9 Å². The molecule has 1 aromatic carbocycles. The smallest absolute Gasteiger partial charge is 0.120 e. The molecule has 1 aliphatic rings. The number of hydrogen-bond acceptors (Lipinski definition) is 3. The maximum absolute atomic E-state index is 10.3. The van der Waals surface area contributed by atoms with Gasteiger partial charge in [-0.1, -0.05) is 17.7 Å². The van der Waals surface area contributed by atoms with Crippen LogP contribution in [0, 0.1) is 0 Å². The number of benzene rings is 1. The summed E-state index contributed by atoms with van der Waals surface area (Å²) in [5, 5.41) is 10.8. The van der Waals surface area contributed by atoms with Crippen LogP contribution in [0.2, 0.25) is 5.02 Å². The predicted octanol–water partition coefficient (Wildman–Crippen LogP) is 3.34. The minimum absolute atomic E-state index is 0.164. The van der Waals surface area contributed by atoms with Gasteiger partial charge in [-0.25, -0.2) is 0 Å². The van der Waals surface area contributed by atoms with Crippen LogP contribution >= 0.6 is 11.6 Å². The van der Waals surface area contributed by atoms with E-state index in [9.17, 15) is 5.11 Å². The highest BCUT2D eigenvalue weighted by molar-refractivity contribution is 6.31. The summed E-state index contributed by atoms with van der Waals surface area (Å²) in [5.41, 5.74) is 0.573. The Balaban J connectivity index is 2.11. The highest BCUT2D eigenvalue weighted by Crippen LogP contribution is 2.43. The monoisotopic (exact) mass is 270 g/mol. The van der Waals surface area contributed by atoms with Crippen LogP contribution in [0.4, 0.5) is 0 Å². The number of halogens is 1. The fraction of sp³-hybridized carbons (Fsp3) is 0.571. The molecular formula is C14H19ClO3. The topological polar surface area (TPSA) is 38.7 Å². The normalized spacial score (nSPS) is 19.1. The van der Waals surface area contributed by atoms with Gasteiger partial charge in [0, 0.05) is 13.5 Å². The Hall–Kier alpha value is -0.770. The van der Waals surface area contributed by atoms with E-state index in [4.69, 9.17) is 21.1 Å². The van der Waals surface area contributed by atoms with Crippen LogP contribution in [0.5, 0.6) is 5.75 Å². The molecule has 1 N–H and O–H groups in total. The summed E-state index contributed by atoms with van der Waals surface area (Å²) in [6.07, 6.45) is 3.18. The number of methoxy groups -OCH3 is 2. The molecule has 0 radical (unpaired) electrons. The molecule has 100 valence electrons.